The number of aliphatic imine (C=N–C) groups is 1. The highest BCUT2D eigenvalue weighted by Gasteiger charge is 2.34. The van der Waals surface area contributed by atoms with Crippen LogP contribution in [0.1, 0.15) is 58.3 Å². The molecular weight excluding hydrogens is 415 g/mol. The Kier molecular flexibility index (Phi) is 8.07. The van der Waals surface area contributed by atoms with E-state index >= 15 is 0 Å². The van der Waals surface area contributed by atoms with Crippen molar-refractivity contribution in [1.82, 2.24) is 15.5 Å². The molecule has 0 spiro atoms. The zero-order chi connectivity index (χ0) is 16.1. The number of hydrogen-bond donors (Lipinski definition) is 3. The second-order valence-corrected chi connectivity index (χ2v) is 7.81. The molecule has 2 saturated carbocycles. The lowest BCUT2D eigenvalue weighted by atomic mass is 9.80. The van der Waals surface area contributed by atoms with Gasteiger partial charge in [-0.05, 0) is 51.4 Å². The van der Waals surface area contributed by atoms with Crippen LogP contribution in [-0.2, 0) is 0 Å². The Morgan fingerprint density at radius 1 is 1.21 bits per heavy atom. The topological polar surface area (TPSA) is 59.9 Å². The number of halogens is 1. The van der Waals surface area contributed by atoms with E-state index in [2.05, 4.69) is 27.4 Å². The number of nitrogens with one attached hydrogen (secondary N) is 2. The Morgan fingerprint density at radius 3 is 2.58 bits per heavy atom. The molecule has 3 fully saturated rings. The summed E-state index contributed by atoms with van der Waals surface area (Å²) in [5.41, 5.74) is -0.535. The largest absolute Gasteiger partial charge is 0.388 e. The van der Waals surface area contributed by atoms with Crippen LogP contribution >= 0.6 is 24.0 Å². The summed E-state index contributed by atoms with van der Waals surface area (Å²) in [6, 6.07) is 0.491. The smallest absolute Gasteiger partial charge is 0.191 e. The van der Waals surface area contributed by atoms with Crippen LogP contribution in [-0.4, -0.2) is 60.3 Å². The Bertz CT molecular complexity index is 408. The summed E-state index contributed by atoms with van der Waals surface area (Å²) < 4.78 is 0. The van der Waals surface area contributed by atoms with E-state index in [0.29, 0.717) is 12.6 Å². The van der Waals surface area contributed by atoms with E-state index in [0.717, 1.165) is 44.2 Å². The van der Waals surface area contributed by atoms with Crippen LogP contribution < -0.4 is 10.6 Å². The van der Waals surface area contributed by atoms with Gasteiger partial charge in [-0.2, -0.15) is 0 Å². The summed E-state index contributed by atoms with van der Waals surface area (Å²) in [7, 11) is 0. The zero-order valence-electron chi connectivity index (χ0n) is 15.1. The molecule has 0 radical (unpaired) electrons. The van der Waals surface area contributed by atoms with Gasteiger partial charge in [0.2, 0.25) is 0 Å². The first-order valence-electron chi connectivity index (χ1n) is 9.66. The molecule has 0 amide bonds. The normalized spacial score (nSPS) is 27.6. The molecule has 1 heterocycles. The van der Waals surface area contributed by atoms with E-state index < -0.39 is 5.60 Å². The van der Waals surface area contributed by atoms with Gasteiger partial charge in [0.25, 0.3) is 0 Å². The van der Waals surface area contributed by atoms with Crippen LogP contribution in [0.2, 0.25) is 0 Å². The molecule has 24 heavy (non-hydrogen) atoms. The predicted molar refractivity (Wildman–Crippen MR) is 110 cm³/mol. The molecule has 0 aromatic carbocycles. The Morgan fingerprint density at radius 2 is 1.96 bits per heavy atom. The minimum absolute atomic E-state index is 0. The van der Waals surface area contributed by atoms with Crippen molar-refractivity contribution in [2.45, 2.75) is 69.9 Å². The third-order valence-corrected chi connectivity index (χ3v) is 5.76. The van der Waals surface area contributed by atoms with Crippen LogP contribution in [0.25, 0.3) is 0 Å². The number of rotatable bonds is 6. The first-order chi connectivity index (χ1) is 11.2. The highest BCUT2D eigenvalue weighted by atomic mass is 127. The maximum Gasteiger partial charge on any atom is 0.191 e. The number of nitrogens with zero attached hydrogens (tertiary/aromatic N) is 2. The van der Waals surface area contributed by atoms with Crippen molar-refractivity contribution in [3.05, 3.63) is 0 Å². The van der Waals surface area contributed by atoms with Gasteiger partial charge in [-0.25, -0.2) is 0 Å². The second-order valence-electron chi connectivity index (χ2n) is 7.81. The molecule has 0 aromatic rings. The number of aliphatic hydroxyl groups is 1. The predicted octanol–water partition coefficient (Wildman–Crippen LogP) is 2.34. The van der Waals surface area contributed by atoms with Crippen molar-refractivity contribution in [1.29, 1.82) is 0 Å². The SMILES string of the molecule is CCNC(=NCC1(O)CCC1)NC1CCN(CC2CCCC2)C1.I. The summed E-state index contributed by atoms with van der Waals surface area (Å²) in [5.74, 6) is 1.81. The molecule has 6 heteroatoms. The highest BCUT2D eigenvalue weighted by Crippen LogP contribution is 2.31. The Balaban J connectivity index is 0.00000208. The van der Waals surface area contributed by atoms with Crippen LogP contribution in [0.4, 0.5) is 0 Å². The zero-order valence-corrected chi connectivity index (χ0v) is 17.4. The first-order valence-corrected chi connectivity index (χ1v) is 9.66. The van der Waals surface area contributed by atoms with E-state index in [4.69, 9.17) is 0 Å². The average molecular weight is 450 g/mol. The van der Waals surface area contributed by atoms with E-state index in [9.17, 15) is 5.11 Å². The second kappa shape index (κ2) is 9.57. The molecular formula is C18H35IN4O. The number of guanidine groups is 1. The molecule has 3 rings (SSSR count). The molecule has 1 aliphatic heterocycles. The third-order valence-electron chi connectivity index (χ3n) is 5.76. The van der Waals surface area contributed by atoms with Gasteiger partial charge in [-0.1, -0.05) is 12.8 Å². The highest BCUT2D eigenvalue weighted by molar-refractivity contribution is 14.0. The molecule has 3 aliphatic rings. The van der Waals surface area contributed by atoms with Crippen molar-refractivity contribution in [3.8, 4) is 0 Å². The first kappa shape index (κ1) is 20.2. The molecule has 1 unspecified atom stereocenters. The Hall–Kier alpha value is -0.0800. The molecule has 2 aliphatic carbocycles. The fraction of sp³-hybridized carbons (Fsp3) is 0.944. The van der Waals surface area contributed by atoms with Gasteiger partial charge in [0.05, 0.1) is 12.1 Å². The minimum Gasteiger partial charge on any atom is -0.388 e. The minimum atomic E-state index is -0.535. The summed E-state index contributed by atoms with van der Waals surface area (Å²) >= 11 is 0. The van der Waals surface area contributed by atoms with Crippen LogP contribution in [0.5, 0.6) is 0 Å². The molecule has 0 aromatic heterocycles. The van der Waals surface area contributed by atoms with Gasteiger partial charge >= 0.3 is 0 Å². The lowest BCUT2D eigenvalue weighted by Gasteiger charge is -2.35. The number of likely N-dealkylation sites (tertiary alicyclic amines) is 1. The molecule has 1 atom stereocenters. The quantitative estimate of drug-likeness (QED) is 0.330. The lowest BCUT2D eigenvalue weighted by molar-refractivity contribution is -0.0236. The van der Waals surface area contributed by atoms with E-state index in [1.54, 1.807) is 0 Å². The van der Waals surface area contributed by atoms with Crippen LogP contribution in [0.3, 0.4) is 0 Å². The van der Waals surface area contributed by atoms with E-state index in [-0.39, 0.29) is 24.0 Å². The van der Waals surface area contributed by atoms with E-state index in [1.165, 1.54) is 45.2 Å². The van der Waals surface area contributed by atoms with Crippen molar-refractivity contribution >= 4 is 29.9 Å². The molecule has 140 valence electrons. The summed E-state index contributed by atoms with van der Waals surface area (Å²) in [4.78, 5) is 7.25. The van der Waals surface area contributed by atoms with Crippen molar-refractivity contribution in [2.75, 3.05) is 32.7 Å². The maximum atomic E-state index is 10.2. The monoisotopic (exact) mass is 450 g/mol. The van der Waals surface area contributed by atoms with Crippen molar-refractivity contribution in [3.63, 3.8) is 0 Å². The van der Waals surface area contributed by atoms with Gasteiger partial charge in [-0.3, -0.25) is 4.99 Å². The summed E-state index contributed by atoms with van der Waals surface area (Å²) in [6.07, 6.45) is 9.84. The maximum absolute atomic E-state index is 10.2. The van der Waals surface area contributed by atoms with Gasteiger partial charge < -0.3 is 20.6 Å². The fourth-order valence-electron chi connectivity index (χ4n) is 4.16. The van der Waals surface area contributed by atoms with Gasteiger partial charge in [0, 0.05) is 32.2 Å². The average Bonchev–Trinajstić information content (AvgIpc) is 3.16. The molecule has 0 bridgehead atoms. The molecule has 5 nitrogen and oxygen atoms in total. The van der Waals surface area contributed by atoms with Crippen LogP contribution in [0, 0.1) is 5.92 Å². The van der Waals surface area contributed by atoms with Crippen molar-refractivity contribution < 1.29 is 5.11 Å². The van der Waals surface area contributed by atoms with Gasteiger partial charge in [-0.15, -0.1) is 24.0 Å². The van der Waals surface area contributed by atoms with Crippen molar-refractivity contribution in [2.24, 2.45) is 10.9 Å². The summed E-state index contributed by atoms with van der Waals surface area (Å²) in [5, 5.41) is 17.1. The van der Waals surface area contributed by atoms with Crippen LogP contribution in [0.15, 0.2) is 4.99 Å². The van der Waals surface area contributed by atoms with Gasteiger partial charge in [0.15, 0.2) is 5.96 Å². The lowest BCUT2D eigenvalue weighted by Crippen LogP contribution is -2.47. The molecule has 1 saturated heterocycles. The fourth-order valence-corrected chi connectivity index (χ4v) is 4.16. The summed E-state index contributed by atoms with van der Waals surface area (Å²) in [6.45, 7) is 7.11. The standard InChI is InChI=1S/C18H34N4O.HI/c1-2-19-17(20-14-18(23)9-5-10-18)21-16-8-11-22(13-16)12-15-6-3-4-7-15;/h15-16,23H,2-14H2,1H3,(H2,19,20,21);1H. The Labute approximate surface area is 164 Å². The van der Waals surface area contributed by atoms with E-state index in [1.807, 2.05) is 0 Å². The van der Waals surface area contributed by atoms with Gasteiger partial charge in [0.1, 0.15) is 0 Å². The molecule has 3 N–H and O–H groups in total. The number of hydrogen-bond acceptors (Lipinski definition) is 3. The third kappa shape index (κ3) is 5.73.